The molecule has 0 aromatic heterocycles. The lowest BCUT2D eigenvalue weighted by Gasteiger charge is -2.10. The molecule has 0 aliphatic heterocycles. The van der Waals surface area contributed by atoms with Crippen LogP contribution in [0.4, 0.5) is 0 Å². The fourth-order valence-corrected chi connectivity index (χ4v) is 1.32. The Morgan fingerprint density at radius 1 is 1.50 bits per heavy atom. The number of hydrogen-bond acceptors (Lipinski definition) is 4. The topological polar surface area (TPSA) is 68.9 Å². The number of ether oxygens (including phenoxy) is 2. The average molecular weight is 267 g/mol. The van der Waals surface area contributed by atoms with E-state index in [-0.39, 0.29) is 5.11 Å². The Morgan fingerprint density at radius 2 is 2.28 bits per heavy atom. The molecule has 1 rings (SSSR count). The summed E-state index contributed by atoms with van der Waals surface area (Å²) >= 11 is 4.64. The molecule has 5 nitrogen and oxygen atoms in total. The van der Waals surface area contributed by atoms with E-state index in [1.165, 1.54) is 0 Å². The van der Waals surface area contributed by atoms with Crippen molar-refractivity contribution in [1.29, 1.82) is 0 Å². The first-order valence-corrected chi connectivity index (χ1v) is 5.97. The fourth-order valence-electron chi connectivity index (χ4n) is 1.27. The highest BCUT2D eigenvalue weighted by atomic mass is 32.1. The van der Waals surface area contributed by atoms with Gasteiger partial charge in [-0.15, -0.1) is 0 Å². The second-order valence-corrected chi connectivity index (χ2v) is 3.93. The van der Waals surface area contributed by atoms with Gasteiger partial charge in [-0.3, -0.25) is 5.43 Å². The minimum atomic E-state index is 0.127. The lowest BCUT2D eigenvalue weighted by Crippen LogP contribution is -2.23. The van der Waals surface area contributed by atoms with Gasteiger partial charge >= 0.3 is 0 Å². The molecule has 0 aliphatic carbocycles. The zero-order valence-electron chi connectivity index (χ0n) is 10.5. The van der Waals surface area contributed by atoms with Crippen LogP contribution in [-0.4, -0.2) is 25.0 Å². The van der Waals surface area contributed by atoms with Crippen molar-refractivity contribution >= 4 is 23.5 Å². The predicted molar refractivity (Wildman–Crippen MR) is 76.3 cm³/mol. The third-order valence-corrected chi connectivity index (χ3v) is 2.13. The summed E-state index contributed by atoms with van der Waals surface area (Å²) in [5.41, 5.74) is 8.62. The first kappa shape index (κ1) is 14.2. The number of hydrogen-bond donors (Lipinski definition) is 2. The van der Waals surface area contributed by atoms with Gasteiger partial charge in [0.05, 0.1) is 19.9 Å². The Hall–Kier alpha value is -1.82. The SMILES string of the molecule is CCCOc1cc(C=NNC(N)=S)ccc1OC. The summed E-state index contributed by atoms with van der Waals surface area (Å²) in [4.78, 5) is 0. The maximum Gasteiger partial charge on any atom is 0.184 e. The van der Waals surface area contributed by atoms with Gasteiger partial charge in [-0.2, -0.15) is 5.10 Å². The van der Waals surface area contributed by atoms with Gasteiger partial charge in [0.15, 0.2) is 16.6 Å². The molecule has 0 heterocycles. The third kappa shape index (κ3) is 4.58. The van der Waals surface area contributed by atoms with Crippen LogP contribution in [-0.2, 0) is 0 Å². The molecule has 0 atom stereocenters. The van der Waals surface area contributed by atoms with Crippen molar-refractivity contribution in [3.05, 3.63) is 23.8 Å². The number of nitrogens with one attached hydrogen (secondary N) is 1. The number of thiocarbonyl (C=S) groups is 1. The molecule has 0 spiro atoms. The van der Waals surface area contributed by atoms with Crippen LogP contribution < -0.4 is 20.6 Å². The largest absolute Gasteiger partial charge is 0.493 e. The van der Waals surface area contributed by atoms with Gasteiger partial charge in [0.1, 0.15) is 0 Å². The van der Waals surface area contributed by atoms with Gasteiger partial charge in [0.2, 0.25) is 0 Å². The number of hydrazone groups is 1. The standard InChI is InChI=1S/C12H17N3O2S/c1-3-6-17-11-7-9(4-5-10(11)16-2)8-14-15-12(13)18/h4-5,7-8H,3,6H2,1-2H3,(H3,13,15,18). The Kier molecular flexibility index (Phi) is 5.93. The summed E-state index contributed by atoms with van der Waals surface area (Å²) in [6.45, 7) is 2.69. The molecular weight excluding hydrogens is 250 g/mol. The Balaban J connectivity index is 2.81. The number of rotatable bonds is 6. The minimum absolute atomic E-state index is 0.127. The number of nitrogens with zero attached hydrogens (tertiary/aromatic N) is 1. The summed E-state index contributed by atoms with van der Waals surface area (Å²) in [5.74, 6) is 1.39. The lowest BCUT2D eigenvalue weighted by molar-refractivity contribution is 0.294. The van der Waals surface area contributed by atoms with Crippen LogP contribution in [0.5, 0.6) is 11.5 Å². The summed E-state index contributed by atoms with van der Waals surface area (Å²) in [6.07, 6.45) is 2.54. The molecule has 0 saturated heterocycles. The lowest BCUT2D eigenvalue weighted by atomic mass is 10.2. The Bertz CT molecular complexity index is 435. The number of nitrogens with two attached hydrogens (primary N) is 1. The van der Waals surface area contributed by atoms with Gasteiger partial charge in [-0.1, -0.05) is 6.92 Å². The summed E-state index contributed by atoms with van der Waals surface area (Å²) < 4.78 is 10.8. The normalized spacial score (nSPS) is 10.3. The Morgan fingerprint density at radius 3 is 2.89 bits per heavy atom. The molecule has 0 radical (unpaired) electrons. The van der Waals surface area contributed by atoms with Crippen molar-refractivity contribution in [3.8, 4) is 11.5 Å². The maximum atomic E-state index is 5.59. The highest BCUT2D eigenvalue weighted by Crippen LogP contribution is 2.27. The smallest absolute Gasteiger partial charge is 0.184 e. The molecule has 1 aromatic carbocycles. The van der Waals surface area contributed by atoms with Crippen molar-refractivity contribution in [2.24, 2.45) is 10.8 Å². The van der Waals surface area contributed by atoms with Crippen molar-refractivity contribution < 1.29 is 9.47 Å². The van der Waals surface area contributed by atoms with Gasteiger partial charge in [0, 0.05) is 0 Å². The van der Waals surface area contributed by atoms with E-state index in [2.05, 4.69) is 22.7 Å². The van der Waals surface area contributed by atoms with Crippen LogP contribution in [0.15, 0.2) is 23.3 Å². The Labute approximate surface area is 112 Å². The summed E-state index contributed by atoms with van der Waals surface area (Å²) in [5, 5.41) is 4.01. The van der Waals surface area contributed by atoms with Crippen molar-refractivity contribution in [2.75, 3.05) is 13.7 Å². The minimum Gasteiger partial charge on any atom is -0.493 e. The zero-order chi connectivity index (χ0) is 13.4. The van der Waals surface area contributed by atoms with E-state index in [0.29, 0.717) is 18.1 Å². The van der Waals surface area contributed by atoms with Crippen molar-refractivity contribution in [2.45, 2.75) is 13.3 Å². The number of methoxy groups -OCH3 is 1. The molecule has 0 saturated carbocycles. The van der Waals surface area contributed by atoms with Crippen LogP contribution in [0.25, 0.3) is 0 Å². The highest BCUT2D eigenvalue weighted by molar-refractivity contribution is 7.80. The van der Waals surface area contributed by atoms with Crippen LogP contribution in [0.2, 0.25) is 0 Å². The fraction of sp³-hybridized carbons (Fsp3) is 0.333. The van der Waals surface area contributed by atoms with Crippen LogP contribution >= 0.6 is 12.2 Å². The summed E-state index contributed by atoms with van der Waals surface area (Å²) in [6, 6.07) is 5.54. The second-order valence-electron chi connectivity index (χ2n) is 3.49. The quantitative estimate of drug-likeness (QED) is 0.466. The molecule has 0 aliphatic rings. The van der Waals surface area contributed by atoms with Crippen molar-refractivity contribution in [1.82, 2.24) is 5.43 Å². The molecule has 18 heavy (non-hydrogen) atoms. The van der Waals surface area contributed by atoms with E-state index in [1.807, 2.05) is 25.1 Å². The van der Waals surface area contributed by atoms with E-state index in [9.17, 15) is 0 Å². The first-order chi connectivity index (χ1) is 8.67. The first-order valence-electron chi connectivity index (χ1n) is 5.56. The average Bonchev–Trinajstić information content (AvgIpc) is 2.36. The van der Waals surface area contributed by atoms with Crippen molar-refractivity contribution in [3.63, 3.8) is 0 Å². The van der Waals surface area contributed by atoms with Crippen LogP contribution in [0, 0.1) is 0 Å². The maximum absolute atomic E-state index is 5.59. The molecule has 3 N–H and O–H groups in total. The van der Waals surface area contributed by atoms with Gasteiger partial charge < -0.3 is 15.2 Å². The van der Waals surface area contributed by atoms with Gasteiger partial charge in [0.25, 0.3) is 0 Å². The monoisotopic (exact) mass is 267 g/mol. The molecular formula is C12H17N3O2S. The summed E-state index contributed by atoms with van der Waals surface area (Å²) in [7, 11) is 1.61. The van der Waals surface area contributed by atoms with E-state index in [1.54, 1.807) is 13.3 Å². The predicted octanol–water partition coefficient (Wildman–Crippen LogP) is 1.65. The van der Waals surface area contributed by atoms with Crippen LogP contribution in [0.1, 0.15) is 18.9 Å². The molecule has 0 fully saturated rings. The molecule has 98 valence electrons. The van der Waals surface area contributed by atoms with Gasteiger partial charge in [-0.25, -0.2) is 0 Å². The van der Waals surface area contributed by atoms with Crippen LogP contribution in [0.3, 0.4) is 0 Å². The van der Waals surface area contributed by atoms with E-state index in [0.717, 1.165) is 12.0 Å². The molecule has 1 aromatic rings. The second kappa shape index (κ2) is 7.50. The van der Waals surface area contributed by atoms with E-state index < -0.39 is 0 Å². The van der Waals surface area contributed by atoms with Gasteiger partial charge in [-0.05, 0) is 42.4 Å². The number of benzene rings is 1. The molecule has 0 bridgehead atoms. The van der Waals surface area contributed by atoms with E-state index in [4.69, 9.17) is 15.2 Å². The molecule has 0 amide bonds. The molecule has 6 heteroatoms. The molecule has 0 unspecified atom stereocenters. The zero-order valence-corrected chi connectivity index (χ0v) is 11.3. The van der Waals surface area contributed by atoms with E-state index >= 15 is 0 Å². The highest BCUT2D eigenvalue weighted by Gasteiger charge is 2.04. The third-order valence-electron chi connectivity index (χ3n) is 2.04.